The fraction of sp³-hybridized carbons (Fsp3) is 0.450. The van der Waals surface area contributed by atoms with Crippen LogP contribution in [0.1, 0.15) is 59.1 Å². The molecule has 7 heteroatoms. The summed E-state index contributed by atoms with van der Waals surface area (Å²) in [4.78, 5) is 29.9. The van der Waals surface area contributed by atoms with Crippen molar-refractivity contribution < 1.29 is 9.21 Å². The van der Waals surface area contributed by atoms with Crippen LogP contribution in [-0.2, 0) is 12.8 Å². The molecule has 1 aliphatic heterocycles. The van der Waals surface area contributed by atoms with E-state index in [4.69, 9.17) is 4.42 Å². The number of benzene rings is 1. The van der Waals surface area contributed by atoms with E-state index in [9.17, 15) is 9.59 Å². The monoisotopic (exact) mass is 366 g/mol. The first-order valence-electron chi connectivity index (χ1n) is 9.68. The lowest BCUT2D eigenvalue weighted by Crippen LogP contribution is -2.39. The molecule has 0 spiro atoms. The van der Waals surface area contributed by atoms with Gasteiger partial charge in [-0.2, -0.15) is 0 Å². The Morgan fingerprint density at radius 1 is 1.22 bits per heavy atom. The first-order chi connectivity index (χ1) is 13.2. The van der Waals surface area contributed by atoms with Gasteiger partial charge in [0.25, 0.3) is 5.91 Å². The van der Waals surface area contributed by atoms with Crippen molar-refractivity contribution in [3.63, 3.8) is 0 Å². The number of para-hydroxylation sites is 1. The molecule has 1 amide bonds. The molecule has 7 nitrogen and oxygen atoms in total. The molecule has 1 aromatic carbocycles. The average molecular weight is 366 g/mol. The Balaban J connectivity index is 1.47. The Labute approximate surface area is 155 Å². The zero-order valence-electron chi connectivity index (χ0n) is 15.1. The van der Waals surface area contributed by atoms with Crippen LogP contribution < -0.4 is 5.76 Å². The summed E-state index contributed by atoms with van der Waals surface area (Å²) < 4.78 is 5.12. The number of carbonyl (C=O) groups is 1. The van der Waals surface area contributed by atoms with Gasteiger partial charge in [-0.1, -0.05) is 12.1 Å². The van der Waals surface area contributed by atoms with Gasteiger partial charge in [-0.05, 0) is 50.2 Å². The second-order valence-electron chi connectivity index (χ2n) is 7.56. The first kappa shape index (κ1) is 16.4. The molecule has 0 radical (unpaired) electrons. The highest BCUT2D eigenvalue weighted by atomic mass is 16.4. The van der Waals surface area contributed by atoms with E-state index >= 15 is 0 Å². The van der Waals surface area contributed by atoms with Gasteiger partial charge in [0.15, 0.2) is 0 Å². The van der Waals surface area contributed by atoms with Gasteiger partial charge >= 0.3 is 5.76 Å². The molecule has 1 unspecified atom stereocenters. The van der Waals surface area contributed by atoms with Gasteiger partial charge < -0.3 is 14.3 Å². The van der Waals surface area contributed by atoms with Crippen LogP contribution in [0, 0.1) is 0 Å². The van der Waals surface area contributed by atoms with Gasteiger partial charge in [-0.3, -0.25) is 4.79 Å². The summed E-state index contributed by atoms with van der Waals surface area (Å²) in [5.74, 6) is -0.166. The van der Waals surface area contributed by atoms with Crippen LogP contribution in [-0.4, -0.2) is 39.1 Å². The molecular formula is C20H22N4O3. The van der Waals surface area contributed by atoms with Gasteiger partial charge in [0.1, 0.15) is 0 Å². The van der Waals surface area contributed by atoms with Crippen LogP contribution in [0.25, 0.3) is 10.9 Å². The van der Waals surface area contributed by atoms with E-state index in [0.29, 0.717) is 19.0 Å². The predicted octanol–water partition coefficient (Wildman–Crippen LogP) is 2.74. The quantitative estimate of drug-likeness (QED) is 0.729. The minimum Gasteiger partial charge on any atom is -0.392 e. The number of fused-ring (bicyclic) bond motifs is 3. The number of carbonyl (C=O) groups excluding carboxylic acids is 1. The number of nitrogens with one attached hydrogen (secondary N) is 2. The van der Waals surface area contributed by atoms with Gasteiger partial charge in [-0.25, -0.2) is 9.89 Å². The van der Waals surface area contributed by atoms with Crippen LogP contribution in [0.3, 0.4) is 0 Å². The number of H-pyrrole nitrogens is 2. The second-order valence-corrected chi connectivity index (χ2v) is 7.56. The molecule has 2 N–H and O–H groups in total. The highest BCUT2D eigenvalue weighted by Crippen LogP contribution is 2.32. The van der Waals surface area contributed by atoms with Crippen molar-refractivity contribution in [3.8, 4) is 0 Å². The number of piperidine rings is 1. The third-order valence-electron chi connectivity index (χ3n) is 5.88. The average Bonchev–Trinajstić information content (AvgIpc) is 3.31. The van der Waals surface area contributed by atoms with Crippen molar-refractivity contribution in [2.75, 3.05) is 13.1 Å². The van der Waals surface area contributed by atoms with E-state index in [1.807, 2.05) is 17.0 Å². The molecule has 1 atom stereocenters. The third-order valence-corrected chi connectivity index (χ3v) is 5.88. The summed E-state index contributed by atoms with van der Waals surface area (Å²) in [7, 11) is 0. The minimum atomic E-state index is -0.546. The largest absolute Gasteiger partial charge is 0.434 e. The maximum absolute atomic E-state index is 13.3. The predicted molar refractivity (Wildman–Crippen MR) is 99.9 cm³/mol. The van der Waals surface area contributed by atoms with Crippen LogP contribution in [0.4, 0.5) is 0 Å². The van der Waals surface area contributed by atoms with Crippen LogP contribution in [0.2, 0.25) is 0 Å². The first-order valence-corrected chi connectivity index (χ1v) is 9.68. The molecule has 2 aliphatic rings. The zero-order chi connectivity index (χ0) is 18.4. The summed E-state index contributed by atoms with van der Waals surface area (Å²) in [5, 5.41) is 7.45. The molecule has 1 aliphatic carbocycles. The van der Waals surface area contributed by atoms with Crippen LogP contribution in [0.5, 0.6) is 0 Å². The Morgan fingerprint density at radius 2 is 2.11 bits per heavy atom. The van der Waals surface area contributed by atoms with Gasteiger partial charge in [0, 0.05) is 24.2 Å². The number of hydrogen-bond acceptors (Lipinski definition) is 4. The van der Waals surface area contributed by atoms with E-state index < -0.39 is 5.76 Å². The van der Waals surface area contributed by atoms with E-state index in [0.717, 1.165) is 36.8 Å². The molecule has 3 heterocycles. The van der Waals surface area contributed by atoms with Crippen molar-refractivity contribution in [3.05, 3.63) is 51.5 Å². The van der Waals surface area contributed by atoms with E-state index in [2.05, 4.69) is 21.2 Å². The number of amides is 1. The Bertz CT molecular complexity index is 1060. The number of nitrogens with zero attached hydrogens (tertiary/aromatic N) is 2. The van der Waals surface area contributed by atoms with Gasteiger partial charge in [0.2, 0.25) is 5.89 Å². The molecule has 2 aromatic heterocycles. The molecular weight excluding hydrogens is 344 g/mol. The summed E-state index contributed by atoms with van der Waals surface area (Å²) >= 11 is 0. The lowest BCUT2D eigenvalue weighted by molar-refractivity contribution is 0.0699. The fourth-order valence-electron chi connectivity index (χ4n) is 4.56. The Hall–Kier alpha value is -2.83. The maximum Gasteiger partial charge on any atom is 0.434 e. The number of aromatic nitrogens is 3. The van der Waals surface area contributed by atoms with E-state index in [1.165, 1.54) is 29.5 Å². The molecule has 1 saturated heterocycles. The molecule has 3 aromatic rings. The highest BCUT2D eigenvalue weighted by Gasteiger charge is 2.30. The number of aromatic amines is 2. The summed E-state index contributed by atoms with van der Waals surface area (Å²) in [5.41, 5.74) is 4.35. The minimum absolute atomic E-state index is 0.0294. The van der Waals surface area contributed by atoms with Crippen molar-refractivity contribution in [1.82, 2.24) is 20.1 Å². The molecule has 140 valence electrons. The summed E-state index contributed by atoms with van der Waals surface area (Å²) in [6.45, 7) is 1.23. The highest BCUT2D eigenvalue weighted by molar-refractivity contribution is 6.06. The molecule has 0 bridgehead atoms. The van der Waals surface area contributed by atoms with Crippen molar-refractivity contribution in [2.45, 2.75) is 44.4 Å². The molecule has 1 fully saturated rings. The number of rotatable bonds is 2. The van der Waals surface area contributed by atoms with Crippen molar-refractivity contribution in [1.29, 1.82) is 0 Å². The maximum atomic E-state index is 13.3. The lowest BCUT2D eigenvalue weighted by Gasteiger charge is -2.31. The molecule has 0 saturated carbocycles. The van der Waals surface area contributed by atoms with Gasteiger partial charge in [-0.15, -0.1) is 5.10 Å². The standard InChI is InChI=1S/C20H22N4O3/c25-19(24-10-4-5-12(11-24)18-22-23-20(26)27-18)15-8-3-7-14-13-6-1-2-9-16(13)21-17(14)15/h3,7-8,12,21H,1-2,4-6,9-11H2,(H,23,26). The van der Waals surface area contributed by atoms with Crippen LogP contribution in [0.15, 0.2) is 27.4 Å². The smallest absolute Gasteiger partial charge is 0.392 e. The Morgan fingerprint density at radius 3 is 2.96 bits per heavy atom. The number of likely N-dealkylation sites (tertiary alicyclic amines) is 1. The van der Waals surface area contributed by atoms with Gasteiger partial charge in [0.05, 0.1) is 17.0 Å². The van der Waals surface area contributed by atoms with Crippen LogP contribution >= 0.6 is 0 Å². The Kier molecular flexibility index (Phi) is 3.88. The fourth-order valence-corrected chi connectivity index (χ4v) is 4.56. The van der Waals surface area contributed by atoms with Crippen molar-refractivity contribution >= 4 is 16.8 Å². The van der Waals surface area contributed by atoms with Crippen molar-refractivity contribution in [2.24, 2.45) is 0 Å². The summed E-state index contributed by atoms with van der Waals surface area (Å²) in [6, 6.07) is 6.00. The second kappa shape index (κ2) is 6.40. The molecule has 5 rings (SSSR count). The summed E-state index contributed by atoms with van der Waals surface area (Å²) in [6.07, 6.45) is 6.27. The zero-order valence-corrected chi connectivity index (χ0v) is 15.1. The number of aryl methyl sites for hydroxylation is 2. The lowest BCUT2D eigenvalue weighted by atomic mass is 9.94. The number of hydrogen-bond donors (Lipinski definition) is 2. The van der Waals surface area contributed by atoms with E-state index in [-0.39, 0.29) is 11.8 Å². The van der Waals surface area contributed by atoms with E-state index in [1.54, 1.807) is 0 Å². The normalized spacial score (nSPS) is 20.0. The third kappa shape index (κ3) is 2.78. The SMILES string of the molecule is O=C(c1cccc2c3c([nH]c12)CCCC3)N1CCCC(c2n[nH]c(=O)o2)C1. The molecule has 27 heavy (non-hydrogen) atoms. The topological polar surface area (TPSA) is 95.0 Å².